The molecule has 0 bridgehead atoms. The van der Waals surface area contributed by atoms with Gasteiger partial charge in [-0.15, -0.1) is 0 Å². The zero-order chi connectivity index (χ0) is 19.2. The first-order valence-corrected chi connectivity index (χ1v) is 8.56. The normalized spacial score (nSPS) is 11.2. The SMILES string of the molecule is COC(=O)c1ccc(CNC(=O)CCCc2nc(C(C)(C)C)no2)cc1. The van der Waals surface area contributed by atoms with E-state index in [9.17, 15) is 9.59 Å². The fourth-order valence-electron chi connectivity index (χ4n) is 2.23. The lowest BCUT2D eigenvalue weighted by Gasteiger charge is -2.10. The molecule has 0 aliphatic carbocycles. The summed E-state index contributed by atoms with van der Waals surface area (Å²) in [5.41, 5.74) is 1.25. The lowest BCUT2D eigenvalue weighted by Crippen LogP contribution is -2.22. The first-order valence-electron chi connectivity index (χ1n) is 8.56. The number of carbonyl (C=O) groups excluding carboxylic acids is 2. The fraction of sp³-hybridized carbons (Fsp3) is 0.474. The van der Waals surface area contributed by atoms with Gasteiger partial charge in [0.05, 0.1) is 12.7 Å². The maximum atomic E-state index is 11.9. The van der Waals surface area contributed by atoms with Crippen molar-refractivity contribution in [3.05, 3.63) is 47.1 Å². The summed E-state index contributed by atoms with van der Waals surface area (Å²) >= 11 is 0. The molecule has 2 rings (SSSR count). The third-order valence-electron chi connectivity index (χ3n) is 3.80. The van der Waals surface area contributed by atoms with Crippen LogP contribution in [0.1, 0.15) is 61.2 Å². The van der Waals surface area contributed by atoms with Crippen molar-refractivity contribution in [2.45, 2.75) is 52.0 Å². The lowest BCUT2D eigenvalue weighted by molar-refractivity contribution is -0.121. The molecule has 0 fully saturated rings. The number of methoxy groups -OCH3 is 1. The first kappa shape index (κ1) is 19.6. The van der Waals surface area contributed by atoms with Crippen molar-refractivity contribution < 1.29 is 18.8 Å². The molecule has 26 heavy (non-hydrogen) atoms. The molecule has 0 atom stereocenters. The van der Waals surface area contributed by atoms with Crippen LogP contribution in [0.5, 0.6) is 0 Å². The molecule has 0 aliphatic heterocycles. The zero-order valence-corrected chi connectivity index (χ0v) is 15.7. The number of hydrogen-bond donors (Lipinski definition) is 1. The van der Waals surface area contributed by atoms with Gasteiger partial charge < -0.3 is 14.6 Å². The number of nitrogens with zero attached hydrogens (tertiary/aromatic N) is 2. The van der Waals surface area contributed by atoms with Crippen molar-refractivity contribution in [2.24, 2.45) is 0 Å². The Morgan fingerprint density at radius 2 is 1.88 bits per heavy atom. The lowest BCUT2D eigenvalue weighted by atomic mass is 9.96. The highest BCUT2D eigenvalue weighted by Gasteiger charge is 2.20. The van der Waals surface area contributed by atoms with Gasteiger partial charge in [-0.25, -0.2) is 4.79 Å². The van der Waals surface area contributed by atoms with E-state index in [0.717, 1.165) is 5.56 Å². The number of amides is 1. The van der Waals surface area contributed by atoms with E-state index < -0.39 is 0 Å². The van der Waals surface area contributed by atoms with Crippen LogP contribution in [-0.4, -0.2) is 29.1 Å². The summed E-state index contributed by atoms with van der Waals surface area (Å²) in [7, 11) is 1.34. The second-order valence-corrected chi connectivity index (χ2v) is 7.08. The van der Waals surface area contributed by atoms with Crippen LogP contribution in [-0.2, 0) is 27.9 Å². The van der Waals surface area contributed by atoms with Crippen LogP contribution >= 0.6 is 0 Å². The molecule has 7 heteroatoms. The maximum Gasteiger partial charge on any atom is 0.337 e. The van der Waals surface area contributed by atoms with E-state index in [1.165, 1.54) is 7.11 Å². The molecule has 1 amide bonds. The van der Waals surface area contributed by atoms with Gasteiger partial charge in [-0.05, 0) is 24.1 Å². The highest BCUT2D eigenvalue weighted by Crippen LogP contribution is 2.18. The van der Waals surface area contributed by atoms with Crippen molar-refractivity contribution >= 4 is 11.9 Å². The summed E-state index contributed by atoms with van der Waals surface area (Å²) in [4.78, 5) is 27.7. The van der Waals surface area contributed by atoms with Gasteiger partial charge in [0.2, 0.25) is 11.8 Å². The van der Waals surface area contributed by atoms with Crippen molar-refractivity contribution in [2.75, 3.05) is 7.11 Å². The quantitative estimate of drug-likeness (QED) is 0.764. The number of nitrogens with one attached hydrogen (secondary N) is 1. The van der Waals surface area contributed by atoms with Crippen molar-refractivity contribution in [1.29, 1.82) is 0 Å². The molecule has 0 spiro atoms. The first-order chi connectivity index (χ1) is 12.3. The van der Waals surface area contributed by atoms with Crippen LogP contribution in [0.15, 0.2) is 28.8 Å². The fourth-order valence-corrected chi connectivity index (χ4v) is 2.23. The monoisotopic (exact) mass is 359 g/mol. The van der Waals surface area contributed by atoms with E-state index >= 15 is 0 Å². The van der Waals surface area contributed by atoms with E-state index in [-0.39, 0.29) is 17.3 Å². The van der Waals surface area contributed by atoms with Crippen LogP contribution in [0.2, 0.25) is 0 Å². The topological polar surface area (TPSA) is 94.3 Å². The smallest absolute Gasteiger partial charge is 0.337 e. The molecule has 7 nitrogen and oxygen atoms in total. The van der Waals surface area contributed by atoms with Gasteiger partial charge in [-0.3, -0.25) is 4.79 Å². The Balaban J connectivity index is 1.72. The number of ether oxygens (including phenoxy) is 1. The van der Waals surface area contributed by atoms with Crippen LogP contribution in [0.4, 0.5) is 0 Å². The molecule has 0 saturated carbocycles. The molecule has 1 heterocycles. The maximum absolute atomic E-state index is 11.9. The summed E-state index contributed by atoms with van der Waals surface area (Å²) in [5.74, 6) is 0.808. The molecule has 2 aromatic rings. The number of benzene rings is 1. The summed E-state index contributed by atoms with van der Waals surface area (Å²) < 4.78 is 9.86. The van der Waals surface area contributed by atoms with Gasteiger partial charge >= 0.3 is 5.97 Å². The summed E-state index contributed by atoms with van der Waals surface area (Å²) in [5, 5.41) is 6.82. The van der Waals surface area contributed by atoms with Gasteiger partial charge in [0.15, 0.2) is 5.82 Å². The van der Waals surface area contributed by atoms with E-state index in [1.54, 1.807) is 24.3 Å². The molecule has 1 aromatic carbocycles. The highest BCUT2D eigenvalue weighted by molar-refractivity contribution is 5.89. The van der Waals surface area contributed by atoms with E-state index in [1.807, 2.05) is 20.8 Å². The Bertz CT molecular complexity index is 745. The molecule has 1 N–H and O–H groups in total. The van der Waals surface area contributed by atoms with Crippen LogP contribution in [0.25, 0.3) is 0 Å². The van der Waals surface area contributed by atoms with Gasteiger partial charge in [-0.1, -0.05) is 38.1 Å². The Kier molecular flexibility index (Phi) is 6.49. The van der Waals surface area contributed by atoms with Gasteiger partial charge in [-0.2, -0.15) is 4.98 Å². The Morgan fingerprint density at radius 1 is 1.19 bits per heavy atom. The number of aromatic nitrogens is 2. The number of carbonyl (C=O) groups is 2. The molecule has 140 valence electrons. The Labute approximate surface area is 153 Å². The predicted octanol–water partition coefficient (Wildman–Crippen LogP) is 2.79. The highest BCUT2D eigenvalue weighted by atomic mass is 16.5. The number of aryl methyl sites for hydroxylation is 1. The predicted molar refractivity (Wildman–Crippen MR) is 95.6 cm³/mol. The van der Waals surface area contributed by atoms with Crippen molar-refractivity contribution in [3.8, 4) is 0 Å². The van der Waals surface area contributed by atoms with Crippen LogP contribution < -0.4 is 5.32 Å². The van der Waals surface area contributed by atoms with Crippen molar-refractivity contribution in [1.82, 2.24) is 15.5 Å². The van der Waals surface area contributed by atoms with Crippen LogP contribution in [0, 0.1) is 0 Å². The molecule has 1 aromatic heterocycles. The van der Waals surface area contributed by atoms with E-state index in [2.05, 4.69) is 20.2 Å². The molecular weight excluding hydrogens is 334 g/mol. The van der Waals surface area contributed by atoms with E-state index in [4.69, 9.17) is 4.52 Å². The summed E-state index contributed by atoms with van der Waals surface area (Å²) in [6, 6.07) is 6.93. The molecule has 0 unspecified atom stereocenters. The molecule has 0 saturated heterocycles. The van der Waals surface area contributed by atoms with Gasteiger partial charge in [0.1, 0.15) is 0 Å². The third kappa shape index (κ3) is 5.68. The minimum absolute atomic E-state index is 0.0439. The third-order valence-corrected chi connectivity index (χ3v) is 3.80. The van der Waals surface area contributed by atoms with Crippen LogP contribution in [0.3, 0.4) is 0 Å². The second kappa shape index (κ2) is 8.60. The standard InChI is InChI=1S/C19H25N3O4/c1-19(2,3)18-21-16(26-22-18)7-5-6-15(23)20-12-13-8-10-14(11-9-13)17(24)25-4/h8-11H,5-7,12H2,1-4H3,(H,20,23). The van der Waals surface area contributed by atoms with Crippen molar-refractivity contribution in [3.63, 3.8) is 0 Å². The zero-order valence-electron chi connectivity index (χ0n) is 15.7. The Morgan fingerprint density at radius 3 is 2.46 bits per heavy atom. The van der Waals surface area contributed by atoms with E-state index in [0.29, 0.717) is 43.1 Å². The number of esters is 1. The second-order valence-electron chi connectivity index (χ2n) is 7.08. The largest absolute Gasteiger partial charge is 0.465 e. The molecular formula is C19H25N3O4. The average Bonchev–Trinajstić information content (AvgIpc) is 3.09. The van der Waals surface area contributed by atoms with Gasteiger partial charge in [0.25, 0.3) is 0 Å². The van der Waals surface area contributed by atoms with Gasteiger partial charge in [0, 0.05) is 24.8 Å². The average molecular weight is 359 g/mol. The molecule has 0 radical (unpaired) electrons. The minimum Gasteiger partial charge on any atom is -0.465 e. The minimum atomic E-state index is -0.378. The number of hydrogen-bond acceptors (Lipinski definition) is 6. The number of rotatable bonds is 7. The summed E-state index contributed by atoms with van der Waals surface area (Å²) in [6.07, 6.45) is 1.59. The molecule has 0 aliphatic rings. The summed E-state index contributed by atoms with van der Waals surface area (Å²) in [6.45, 7) is 6.47. The Hall–Kier alpha value is -2.70.